The molecular weight excluding hydrogens is 302 g/mol. The van der Waals surface area contributed by atoms with Crippen LogP contribution in [0.2, 0.25) is 0 Å². The Morgan fingerprint density at radius 2 is 1.96 bits per heavy atom. The monoisotopic (exact) mass is 321 g/mol. The largest absolute Gasteiger partial charge is 0.357 e. The molecule has 1 N–H and O–H groups in total. The summed E-state index contributed by atoms with van der Waals surface area (Å²) in [6, 6.07) is 10.6. The van der Waals surface area contributed by atoms with Crippen molar-refractivity contribution in [2.45, 2.75) is 26.3 Å². The first kappa shape index (κ1) is 15.9. The lowest BCUT2D eigenvalue weighted by molar-refractivity contribution is 0.0950. The molecule has 0 bridgehead atoms. The van der Waals surface area contributed by atoms with Gasteiger partial charge in [-0.05, 0) is 44.0 Å². The van der Waals surface area contributed by atoms with Crippen molar-refractivity contribution in [2.75, 3.05) is 18.0 Å². The second-order valence-electron chi connectivity index (χ2n) is 5.85. The Morgan fingerprint density at radius 1 is 1.25 bits per heavy atom. The van der Waals surface area contributed by atoms with Crippen LogP contribution in [0.15, 0.2) is 30.3 Å². The molecule has 2 aromatic rings. The van der Waals surface area contributed by atoms with E-state index in [0.717, 1.165) is 24.6 Å². The molecule has 6 nitrogen and oxygen atoms in total. The van der Waals surface area contributed by atoms with Crippen LogP contribution in [0, 0.1) is 18.3 Å². The average molecular weight is 321 g/mol. The lowest BCUT2D eigenvalue weighted by Crippen LogP contribution is -2.25. The van der Waals surface area contributed by atoms with Crippen molar-refractivity contribution in [1.29, 1.82) is 5.26 Å². The summed E-state index contributed by atoms with van der Waals surface area (Å²) in [5.74, 6) is 1.34. The van der Waals surface area contributed by atoms with Gasteiger partial charge in [-0.25, -0.2) is 9.97 Å². The van der Waals surface area contributed by atoms with Crippen LogP contribution in [0.25, 0.3) is 0 Å². The van der Waals surface area contributed by atoms with Gasteiger partial charge in [0.2, 0.25) is 0 Å². The summed E-state index contributed by atoms with van der Waals surface area (Å²) in [5.41, 5.74) is 1.94. The summed E-state index contributed by atoms with van der Waals surface area (Å²) in [7, 11) is 0. The number of anilines is 1. The normalized spacial score (nSPS) is 13.6. The van der Waals surface area contributed by atoms with Crippen LogP contribution in [0.5, 0.6) is 0 Å². The molecule has 0 radical (unpaired) electrons. The number of nitrogens with zero attached hydrogens (tertiary/aromatic N) is 4. The van der Waals surface area contributed by atoms with Gasteiger partial charge in [0.15, 0.2) is 0 Å². The quantitative estimate of drug-likeness (QED) is 0.933. The number of amides is 1. The summed E-state index contributed by atoms with van der Waals surface area (Å²) in [4.78, 5) is 23.4. The number of benzene rings is 1. The lowest BCUT2D eigenvalue weighted by atomic mass is 10.1. The average Bonchev–Trinajstić information content (AvgIpc) is 3.14. The van der Waals surface area contributed by atoms with Crippen molar-refractivity contribution in [2.24, 2.45) is 0 Å². The minimum atomic E-state index is -0.202. The van der Waals surface area contributed by atoms with Crippen molar-refractivity contribution < 1.29 is 4.79 Å². The smallest absolute Gasteiger partial charge is 0.251 e. The molecule has 1 fully saturated rings. The molecule has 0 spiro atoms. The van der Waals surface area contributed by atoms with Crippen LogP contribution >= 0.6 is 0 Å². The SMILES string of the molecule is Cc1cc(N2CCCC2)nc(CNC(=O)c2ccc(C#N)cc2)n1. The molecular formula is C18H19N5O. The van der Waals surface area contributed by atoms with Crippen molar-refractivity contribution in [1.82, 2.24) is 15.3 Å². The van der Waals surface area contributed by atoms with Crippen molar-refractivity contribution >= 4 is 11.7 Å². The second kappa shape index (κ2) is 7.09. The standard InChI is InChI=1S/C18H19N5O/c1-13-10-17(23-8-2-3-9-23)22-16(21-13)12-20-18(24)15-6-4-14(11-19)5-7-15/h4-7,10H,2-3,8-9,12H2,1H3,(H,20,24). The highest BCUT2D eigenvalue weighted by molar-refractivity contribution is 5.94. The number of carbonyl (C=O) groups is 1. The predicted octanol–water partition coefficient (Wildman–Crippen LogP) is 2.19. The number of hydrogen-bond donors (Lipinski definition) is 1. The molecule has 6 heteroatoms. The van der Waals surface area contributed by atoms with Gasteiger partial charge < -0.3 is 10.2 Å². The number of rotatable bonds is 4. The minimum absolute atomic E-state index is 0.202. The zero-order chi connectivity index (χ0) is 16.9. The Balaban J connectivity index is 1.67. The molecule has 0 saturated carbocycles. The third-order valence-electron chi connectivity index (χ3n) is 4.00. The fourth-order valence-corrected chi connectivity index (χ4v) is 2.76. The zero-order valence-corrected chi connectivity index (χ0v) is 13.6. The number of carbonyl (C=O) groups excluding carboxylic acids is 1. The van der Waals surface area contributed by atoms with Crippen LogP contribution in [0.4, 0.5) is 5.82 Å². The van der Waals surface area contributed by atoms with Gasteiger partial charge >= 0.3 is 0 Å². The predicted molar refractivity (Wildman–Crippen MR) is 90.5 cm³/mol. The molecule has 24 heavy (non-hydrogen) atoms. The Kier molecular flexibility index (Phi) is 4.71. The van der Waals surface area contributed by atoms with Crippen LogP contribution in [0.1, 0.15) is 40.3 Å². The minimum Gasteiger partial charge on any atom is -0.357 e. The van der Waals surface area contributed by atoms with E-state index in [1.54, 1.807) is 24.3 Å². The molecule has 2 heterocycles. The van der Waals surface area contributed by atoms with Crippen LogP contribution in [-0.4, -0.2) is 29.0 Å². The Labute approximate surface area is 141 Å². The van der Waals surface area contributed by atoms with Crippen molar-refractivity contribution in [3.05, 3.63) is 53.0 Å². The van der Waals surface area contributed by atoms with E-state index in [1.807, 2.05) is 19.1 Å². The third kappa shape index (κ3) is 3.69. The van der Waals surface area contributed by atoms with Gasteiger partial charge in [0, 0.05) is 30.4 Å². The van der Waals surface area contributed by atoms with E-state index >= 15 is 0 Å². The van der Waals surface area contributed by atoms with Gasteiger partial charge in [-0.1, -0.05) is 0 Å². The van der Waals surface area contributed by atoms with E-state index in [1.165, 1.54) is 12.8 Å². The van der Waals surface area contributed by atoms with Gasteiger partial charge in [0.25, 0.3) is 5.91 Å². The molecule has 1 aromatic carbocycles. The number of aryl methyl sites for hydroxylation is 1. The first-order valence-electron chi connectivity index (χ1n) is 8.03. The van der Waals surface area contributed by atoms with Gasteiger partial charge in [0.1, 0.15) is 11.6 Å². The fourth-order valence-electron chi connectivity index (χ4n) is 2.76. The van der Waals surface area contributed by atoms with E-state index in [9.17, 15) is 4.79 Å². The van der Waals surface area contributed by atoms with Crippen molar-refractivity contribution in [3.63, 3.8) is 0 Å². The first-order chi connectivity index (χ1) is 11.7. The van der Waals surface area contributed by atoms with E-state index in [4.69, 9.17) is 5.26 Å². The molecule has 0 aliphatic carbocycles. The van der Waals surface area contributed by atoms with Gasteiger partial charge in [-0.2, -0.15) is 5.26 Å². The van der Waals surface area contributed by atoms with E-state index in [0.29, 0.717) is 17.0 Å². The van der Waals surface area contributed by atoms with Gasteiger partial charge in [-0.15, -0.1) is 0 Å². The third-order valence-corrected chi connectivity index (χ3v) is 4.00. The summed E-state index contributed by atoms with van der Waals surface area (Å²) < 4.78 is 0. The maximum atomic E-state index is 12.2. The van der Waals surface area contributed by atoms with Crippen LogP contribution in [0.3, 0.4) is 0 Å². The molecule has 1 saturated heterocycles. The molecule has 3 rings (SSSR count). The number of hydrogen-bond acceptors (Lipinski definition) is 5. The number of nitriles is 1. The molecule has 1 amide bonds. The Bertz CT molecular complexity index is 773. The fraction of sp³-hybridized carbons (Fsp3) is 0.333. The van der Waals surface area contributed by atoms with Crippen LogP contribution < -0.4 is 10.2 Å². The Hall–Kier alpha value is -2.94. The second-order valence-corrected chi connectivity index (χ2v) is 5.85. The highest BCUT2D eigenvalue weighted by Gasteiger charge is 2.15. The van der Waals surface area contributed by atoms with E-state index < -0.39 is 0 Å². The topological polar surface area (TPSA) is 81.9 Å². The molecule has 0 unspecified atom stereocenters. The van der Waals surface area contributed by atoms with Crippen molar-refractivity contribution in [3.8, 4) is 6.07 Å². The van der Waals surface area contributed by atoms with Gasteiger partial charge in [0.05, 0.1) is 18.2 Å². The summed E-state index contributed by atoms with van der Waals surface area (Å²) in [6.07, 6.45) is 2.38. The maximum Gasteiger partial charge on any atom is 0.251 e. The first-order valence-corrected chi connectivity index (χ1v) is 8.03. The number of aromatic nitrogens is 2. The van der Waals surface area contributed by atoms with Gasteiger partial charge in [-0.3, -0.25) is 4.79 Å². The molecule has 1 aliphatic rings. The van der Waals surface area contributed by atoms with E-state index in [-0.39, 0.29) is 12.5 Å². The highest BCUT2D eigenvalue weighted by atomic mass is 16.1. The summed E-state index contributed by atoms with van der Waals surface area (Å²) in [6.45, 7) is 4.26. The molecule has 0 atom stereocenters. The number of nitrogens with one attached hydrogen (secondary N) is 1. The van der Waals surface area contributed by atoms with E-state index in [2.05, 4.69) is 20.2 Å². The molecule has 1 aliphatic heterocycles. The maximum absolute atomic E-state index is 12.2. The summed E-state index contributed by atoms with van der Waals surface area (Å²) in [5, 5.41) is 11.6. The molecule has 122 valence electrons. The lowest BCUT2D eigenvalue weighted by Gasteiger charge is -2.17. The highest BCUT2D eigenvalue weighted by Crippen LogP contribution is 2.18. The molecule has 1 aromatic heterocycles. The zero-order valence-electron chi connectivity index (χ0n) is 13.6. The van der Waals surface area contributed by atoms with Crippen LogP contribution in [-0.2, 0) is 6.54 Å². The Morgan fingerprint density at radius 3 is 2.62 bits per heavy atom. The summed E-state index contributed by atoms with van der Waals surface area (Å²) >= 11 is 0.